The third-order valence-corrected chi connectivity index (χ3v) is 4.88. The second-order valence-corrected chi connectivity index (χ2v) is 7.18. The Morgan fingerprint density at radius 3 is 2.45 bits per heavy atom. The number of rotatable bonds is 4. The van der Waals surface area contributed by atoms with E-state index in [1.165, 1.54) is 0 Å². The van der Waals surface area contributed by atoms with Crippen molar-refractivity contribution in [1.29, 1.82) is 0 Å². The average molecular weight is 384 g/mol. The van der Waals surface area contributed by atoms with Crippen LogP contribution in [0, 0.1) is 0 Å². The van der Waals surface area contributed by atoms with Crippen LogP contribution in [0.25, 0.3) is 33.5 Å². The molecule has 0 N–H and O–H groups in total. The normalized spacial score (nSPS) is 11.6. The maximum atomic E-state index is 5.99. The predicted molar refractivity (Wildman–Crippen MR) is 112 cm³/mol. The minimum Gasteiger partial charge on any atom is -0.425 e. The van der Waals surface area contributed by atoms with Crippen molar-refractivity contribution >= 4 is 22.2 Å². The third kappa shape index (κ3) is 2.91. The van der Waals surface area contributed by atoms with Crippen LogP contribution >= 0.6 is 0 Å². The first kappa shape index (κ1) is 17.4. The Kier molecular flexibility index (Phi) is 4.01. The SMILES string of the molecule is CC(C)n1nc(-c2ccc(Oc3nc4cccnc4n3C)cc2)c2ncccc21. The summed E-state index contributed by atoms with van der Waals surface area (Å²) < 4.78 is 9.83. The zero-order valence-corrected chi connectivity index (χ0v) is 16.4. The van der Waals surface area contributed by atoms with Crippen LogP contribution < -0.4 is 4.74 Å². The highest BCUT2D eigenvalue weighted by Crippen LogP contribution is 2.30. The molecule has 0 atom stereocenters. The van der Waals surface area contributed by atoms with Crippen molar-refractivity contribution in [1.82, 2.24) is 29.3 Å². The van der Waals surface area contributed by atoms with E-state index in [1.54, 1.807) is 12.4 Å². The standard InChI is InChI=1S/C22H20N6O/c1-14(2)28-18-7-5-12-23-20(18)19(26-28)15-8-10-16(11-9-15)29-22-25-17-6-4-13-24-21(17)27(22)3/h4-14H,1-3H3. The van der Waals surface area contributed by atoms with Crippen molar-refractivity contribution in [2.45, 2.75) is 19.9 Å². The van der Waals surface area contributed by atoms with Crippen LogP contribution in [0.5, 0.6) is 11.8 Å². The number of ether oxygens (including phenoxy) is 1. The van der Waals surface area contributed by atoms with E-state index in [1.807, 2.05) is 58.8 Å². The van der Waals surface area contributed by atoms with Gasteiger partial charge in [-0.05, 0) is 62.4 Å². The highest BCUT2D eigenvalue weighted by atomic mass is 16.5. The fourth-order valence-electron chi connectivity index (χ4n) is 3.44. The van der Waals surface area contributed by atoms with Gasteiger partial charge in [0.2, 0.25) is 0 Å². The second kappa shape index (κ2) is 6.70. The zero-order chi connectivity index (χ0) is 20.0. The van der Waals surface area contributed by atoms with Gasteiger partial charge in [0.25, 0.3) is 0 Å². The summed E-state index contributed by atoms with van der Waals surface area (Å²) in [6.45, 7) is 4.23. The first-order valence-electron chi connectivity index (χ1n) is 9.51. The molecular weight excluding hydrogens is 364 g/mol. The summed E-state index contributed by atoms with van der Waals surface area (Å²) in [5, 5.41) is 4.80. The van der Waals surface area contributed by atoms with E-state index in [9.17, 15) is 0 Å². The Morgan fingerprint density at radius 1 is 0.931 bits per heavy atom. The summed E-state index contributed by atoms with van der Waals surface area (Å²) >= 11 is 0. The van der Waals surface area contributed by atoms with Crippen LogP contribution in [0.2, 0.25) is 0 Å². The molecule has 0 aliphatic rings. The number of fused-ring (bicyclic) bond motifs is 2. The number of benzene rings is 1. The van der Waals surface area contributed by atoms with Crippen molar-refractivity contribution < 1.29 is 4.74 Å². The molecule has 1 aromatic carbocycles. The fraction of sp³-hybridized carbons (Fsp3) is 0.182. The molecule has 0 radical (unpaired) electrons. The van der Waals surface area contributed by atoms with E-state index in [0.717, 1.165) is 33.5 Å². The number of pyridine rings is 2. The van der Waals surface area contributed by atoms with Gasteiger partial charge in [0.1, 0.15) is 22.5 Å². The van der Waals surface area contributed by atoms with Gasteiger partial charge < -0.3 is 4.74 Å². The predicted octanol–water partition coefficient (Wildman–Crippen LogP) is 4.75. The van der Waals surface area contributed by atoms with E-state index < -0.39 is 0 Å². The molecular formula is C22H20N6O. The number of hydrogen-bond donors (Lipinski definition) is 0. The maximum Gasteiger partial charge on any atom is 0.303 e. The molecule has 5 rings (SSSR count). The lowest BCUT2D eigenvalue weighted by atomic mass is 10.1. The molecule has 0 amide bonds. The molecule has 4 heterocycles. The molecule has 0 saturated heterocycles. The zero-order valence-electron chi connectivity index (χ0n) is 16.4. The van der Waals surface area contributed by atoms with Crippen LogP contribution in [0.4, 0.5) is 0 Å². The van der Waals surface area contributed by atoms with Gasteiger partial charge in [-0.1, -0.05) is 0 Å². The van der Waals surface area contributed by atoms with Crippen LogP contribution in [0.1, 0.15) is 19.9 Å². The Balaban J connectivity index is 1.49. The van der Waals surface area contributed by atoms with Crippen LogP contribution in [-0.2, 0) is 7.05 Å². The lowest BCUT2D eigenvalue weighted by Gasteiger charge is -2.06. The van der Waals surface area contributed by atoms with E-state index >= 15 is 0 Å². The molecule has 0 aliphatic heterocycles. The molecule has 29 heavy (non-hydrogen) atoms. The maximum absolute atomic E-state index is 5.99. The molecule has 7 heteroatoms. The van der Waals surface area contributed by atoms with Gasteiger partial charge in [-0.3, -0.25) is 14.2 Å². The van der Waals surface area contributed by atoms with E-state index in [2.05, 4.69) is 34.9 Å². The van der Waals surface area contributed by atoms with Gasteiger partial charge in [0.15, 0.2) is 5.65 Å². The van der Waals surface area contributed by atoms with Crippen molar-refractivity contribution in [2.24, 2.45) is 7.05 Å². The molecule has 7 nitrogen and oxygen atoms in total. The molecule has 4 aromatic heterocycles. The van der Waals surface area contributed by atoms with Gasteiger partial charge in [-0.15, -0.1) is 0 Å². The van der Waals surface area contributed by atoms with Gasteiger partial charge in [0.05, 0.1) is 5.52 Å². The van der Waals surface area contributed by atoms with Gasteiger partial charge in [-0.25, -0.2) is 4.98 Å². The largest absolute Gasteiger partial charge is 0.425 e. The Bertz CT molecular complexity index is 1320. The Morgan fingerprint density at radius 2 is 1.69 bits per heavy atom. The van der Waals surface area contributed by atoms with Gasteiger partial charge in [0, 0.05) is 31.0 Å². The van der Waals surface area contributed by atoms with Gasteiger partial charge in [-0.2, -0.15) is 10.1 Å². The summed E-state index contributed by atoms with van der Waals surface area (Å²) in [5.41, 5.74) is 5.38. The topological polar surface area (TPSA) is 70.7 Å². The van der Waals surface area contributed by atoms with Crippen LogP contribution in [0.3, 0.4) is 0 Å². The smallest absolute Gasteiger partial charge is 0.303 e. The summed E-state index contributed by atoms with van der Waals surface area (Å²) in [6, 6.07) is 16.4. The van der Waals surface area contributed by atoms with Crippen molar-refractivity contribution in [3.8, 4) is 23.0 Å². The highest BCUT2D eigenvalue weighted by molar-refractivity contribution is 5.90. The Labute approximate surface area is 167 Å². The molecule has 0 saturated carbocycles. The van der Waals surface area contributed by atoms with E-state index in [4.69, 9.17) is 9.84 Å². The second-order valence-electron chi connectivity index (χ2n) is 7.18. The lowest BCUT2D eigenvalue weighted by Crippen LogP contribution is -2.02. The first-order valence-corrected chi connectivity index (χ1v) is 9.51. The quantitative estimate of drug-likeness (QED) is 0.447. The van der Waals surface area contributed by atoms with Crippen LogP contribution in [0.15, 0.2) is 60.9 Å². The minimum atomic E-state index is 0.254. The van der Waals surface area contributed by atoms with Crippen molar-refractivity contribution in [2.75, 3.05) is 0 Å². The molecule has 0 unspecified atom stereocenters. The van der Waals surface area contributed by atoms with Crippen LogP contribution in [-0.4, -0.2) is 29.3 Å². The van der Waals surface area contributed by atoms with Gasteiger partial charge >= 0.3 is 6.01 Å². The van der Waals surface area contributed by atoms with E-state index in [-0.39, 0.29) is 6.04 Å². The number of hydrogen-bond acceptors (Lipinski definition) is 5. The monoisotopic (exact) mass is 384 g/mol. The third-order valence-electron chi connectivity index (χ3n) is 4.88. The average Bonchev–Trinajstić information content (AvgIpc) is 3.28. The molecule has 0 fully saturated rings. The fourth-order valence-corrected chi connectivity index (χ4v) is 3.44. The number of aromatic nitrogens is 6. The Hall–Kier alpha value is -3.74. The molecule has 0 bridgehead atoms. The molecule has 5 aromatic rings. The first-order chi connectivity index (χ1) is 14.1. The summed E-state index contributed by atoms with van der Waals surface area (Å²) in [7, 11) is 1.89. The molecule has 0 aliphatic carbocycles. The summed E-state index contributed by atoms with van der Waals surface area (Å²) in [5.74, 6) is 0.702. The molecule has 144 valence electrons. The van der Waals surface area contributed by atoms with E-state index in [0.29, 0.717) is 11.8 Å². The van der Waals surface area contributed by atoms with Crippen molar-refractivity contribution in [3.05, 3.63) is 60.9 Å². The number of nitrogens with zero attached hydrogens (tertiary/aromatic N) is 6. The summed E-state index contributed by atoms with van der Waals surface area (Å²) in [4.78, 5) is 13.4. The highest BCUT2D eigenvalue weighted by Gasteiger charge is 2.15. The lowest BCUT2D eigenvalue weighted by molar-refractivity contribution is 0.427. The minimum absolute atomic E-state index is 0.254. The summed E-state index contributed by atoms with van der Waals surface area (Å²) in [6.07, 6.45) is 3.55. The molecule has 0 spiro atoms. The number of imidazole rings is 1. The van der Waals surface area contributed by atoms with Crippen molar-refractivity contribution in [3.63, 3.8) is 0 Å². The number of aryl methyl sites for hydroxylation is 1.